The van der Waals surface area contributed by atoms with E-state index >= 15 is 0 Å². The van der Waals surface area contributed by atoms with Crippen LogP contribution in [-0.2, 0) is 0 Å². The van der Waals surface area contributed by atoms with Crippen molar-refractivity contribution in [3.8, 4) is 16.9 Å². The summed E-state index contributed by atoms with van der Waals surface area (Å²) in [4.78, 5) is 4.16. The van der Waals surface area contributed by atoms with Gasteiger partial charge in [0.15, 0.2) is 0 Å². The molecular weight excluding hydrogens is 186 g/mol. The first-order chi connectivity index (χ1) is 7.16. The Morgan fingerprint density at radius 1 is 1.07 bits per heavy atom. The van der Waals surface area contributed by atoms with Crippen molar-refractivity contribution in [1.82, 2.24) is 4.98 Å². The van der Waals surface area contributed by atoms with Crippen molar-refractivity contribution >= 4 is 0 Å². The van der Waals surface area contributed by atoms with Crippen LogP contribution in [0.15, 0.2) is 36.7 Å². The average Bonchev–Trinajstić information content (AvgIpc) is 2.17. The van der Waals surface area contributed by atoms with Crippen LogP contribution < -0.4 is 0 Å². The lowest BCUT2D eigenvalue weighted by molar-refractivity contribution is 0.475. The SMILES string of the molecule is Cc1cncc(-c2ccc(O)cc2C)c1. The molecule has 0 radical (unpaired) electrons. The number of phenols is 1. The van der Waals surface area contributed by atoms with Gasteiger partial charge in [0.2, 0.25) is 0 Å². The van der Waals surface area contributed by atoms with E-state index in [1.807, 2.05) is 32.3 Å². The van der Waals surface area contributed by atoms with Crippen LogP contribution >= 0.6 is 0 Å². The molecule has 2 aromatic rings. The molecule has 0 fully saturated rings. The van der Waals surface area contributed by atoms with Gasteiger partial charge in [0.25, 0.3) is 0 Å². The van der Waals surface area contributed by atoms with Gasteiger partial charge in [0.05, 0.1) is 0 Å². The van der Waals surface area contributed by atoms with Gasteiger partial charge in [-0.2, -0.15) is 0 Å². The molecule has 0 aliphatic heterocycles. The van der Waals surface area contributed by atoms with E-state index in [1.54, 1.807) is 12.1 Å². The standard InChI is InChI=1S/C13H13NO/c1-9-5-11(8-14-7-9)13-4-3-12(15)6-10(13)2/h3-8,15H,1-2H3. The summed E-state index contributed by atoms with van der Waals surface area (Å²) in [5.74, 6) is 0.303. The van der Waals surface area contributed by atoms with Crippen molar-refractivity contribution in [1.29, 1.82) is 0 Å². The fourth-order valence-corrected chi connectivity index (χ4v) is 1.67. The number of pyridine rings is 1. The number of hydrogen-bond acceptors (Lipinski definition) is 2. The molecule has 0 amide bonds. The Hall–Kier alpha value is -1.83. The van der Waals surface area contributed by atoms with E-state index in [9.17, 15) is 5.11 Å². The van der Waals surface area contributed by atoms with E-state index in [-0.39, 0.29) is 0 Å². The summed E-state index contributed by atoms with van der Waals surface area (Å²) < 4.78 is 0. The van der Waals surface area contributed by atoms with Crippen LogP contribution in [0.2, 0.25) is 0 Å². The summed E-state index contributed by atoms with van der Waals surface area (Å²) in [6.45, 7) is 4.00. The molecule has 0 aliphatic carbocycles. The highest BCUT2D eigenvalue weighted by Gasteiger charge is 2.02. The zero-order chi connectivity index (χ0) is 10.8. The Balaban J connectivity index is 2.54. The predicted molar refractivity (Wildman–Crippen MR) is 60.8 cm³/mol. The van der Waals surface area contributed by atoms with Crippen LogP contribution in [0, 0.1) is 13.8 Å². The maximum Gasteiger partial charge on any atom is 0.115 e. The Bertz CT molecular complexity index is 492. The normalized spacial score (nSPS) is 10.3. The number of phenolic OH excluding ortho intramolecular Hbond substituents is 1. The van der Waals surface area contributed by atoms with Crippen molar-refractivity contribution in [3.63, 3.8) is 0 Å². The van der Waals surface area contributed by atoms with Gasteiger partial charge in [-0.3, -0.25) is 4.98 Å². The lowest BCUT2D eigenvalue weighted by Crippen LogP contribution is -1.85. The van der Waals surface area contributed by atoms with Crippen LogP contribution in [0.3, 0.4) is 0 Å². The molecule has 0 saturated carbocycles. The molecular formula is C13H13NO. The molecule has 2 rings (SSSR count). The second kappa shape index (κ2) is 3.73. The van der Waals surface area contributed by atoms with Crippen molar-refractivity contribution in [3.05, 3.63) is 47.8 Å². The molecule has 1 aromatic carbocycles. The molecule has 0 saturated heterocycles. The highest BCUT2D eigenvalue weighted by atomic mass is 16.3. The van der Waals surface area contributed by atoms with Gasteiger partial charge in [0, 0.05) is 18.0 Å². The number of hydrogen-bond donors (Lipinski definition) is 1. The molecule has 0 unspecified atom stereocenters. The van der Waals surface area contributed by atoms with Crippen LogP contribution in [0.4, 0.5) is 0 Å². The van der Waals surface area contributed by atoms with Gasteiger partial charge in [-0.15, -0.1) is 0 Å². The molecule has 0 bridgehead atoms. The molecule has 0 atom stereocenters. The smallest absolute Gasteiger partial charge is 0.115 e. The van der Waals surface area contributed by atoms with Crippen LogP contribution in [0.1, 0.15) is 11.1 Å². The second-order valence-electron chi connectivity index (χ2n) is 3.75. The Morgan fingerprint density at radius 3 is 2.53 bits per heavy atom. The Kier molecular flexibility index (Phi) is 2.42. The summed E-state index contributed by atoms with van der Waals surface area (Å²) >= 11 is 0. The Labute approximate surface area is 89.2 Å². The number of nitrogens with zero attached hydrogens (tertiary/aromatic N) is 1. The van der Waals surface area contributed by atoms with E-state index in [4.69, 9.17) is 0 Å². The van der Waals surface area contributed by atoms with Gasteiger partial charge in [-0.25, -0.2) is 0 Å². The first-order valence-electron chi connectivity index (χ1n) is 4.88. The van der Waals surface area contributed by atoms with Crippen molar-refractivity contribution in [2.45, 2.75) is 13.8 Å². The van der Waals surface area contributed by atoms with E-state index in [0.717, 1.165) is 22.3 Å². The van der Waals surface area contributed by atoms with E-state index in [2.05, 4.69) is 11.1 Å². The summed E-state index contributed by atoms with van der Waals surface area (Å²) in [6, 6.07) is 7.47. The molecule has 1 heterocycles. The molecule has 2 heteroatoms. The molecule has 2 nitrogen and oxygen atoms in total. The molecule has 0 spiro atoms. The molecule has 1 aromatic heterocycles. The van der Waals surface area contributed by atoms with Gasteiger partial charge in [0.1, 0.15) is 5.75 Å². The number of rotatable bonds is 1. The lowest BCUT2D eigenvalue weighted by atomic mass is 10.0. The summed E-state index contributed by atoms with van der Waals surface area (Å²) in [7, 11) is 0. The number of aromatic nitrogens is 1. The largest absolute Gasteiger partial charge is 0.508 e. The van der Waals surface area contributed by atoms with Crippen LogP contribution in [0.5, 0.6) is 5.75 Å². The highest BCUT2D eigenvalue weighted by Crippen LogP contribution is 2.26. The van der Waals surface area contributed by atoms with E-state index < -0.39 is 0 Å². The summed E-state index contributed by atoms with van der Waals surface area (Å²) in [5.41, 5.74) is 4.40. The zero-order valence-corrected chi connectivity index (χ0v) is 8.86. The maximum atomic E-state index is 9.32. The topological polar surface area (TPSA) is 33.1 Å². The van der Waals surface area contributed by atoms with Crippen molar-refractivity contribution in [2.75, 3.05) is 0 Å². The minimum atomic E-state index is 0.303. The molecule has 76 valence electrons. The third-order valence-electron chi connectivity index (χ3n) is 2.40. The lowest BCUT2D eigenvalue weighted by Gasteiger charge is -2.06. The number of aromatic hydroxyl groups is 1. The highest BCUT2D eigenvalue weighted by molar-refractivity contribution is 5.67. The third-order valence-corrected chi connectivity index (χ3v) is 2.40. The molecule has 15 heavy (non-hydrogen) atoms. The van der Waals surface area contributed by atoms with Crippen molar-refractivity contribution < 1.29 is 5.11 Å². The van der Waals surface area contributed by atoms with Gasteiger partial charge < -0.3 is 5.11 Å². The van der Waals surface area contributed by atoms with Crippen molar-refractivity contribution in [2.24, 2.45) is 0 Å². The monoisotopic (exact) mass is 199 g/mol. The first-order valence-corrected chi connectivity index (χ1v) is 4.88. The van der Waals surface area contributed by atoms with Gasteiger partial charge in [-0.1, -0.05) is 6.07 Å². The van der Waals surface area contributed by atoms with E-state index in [0.29, 0.717) is 5.75 Å². The fourth-order valence-electron chi connectivity index (χ4n) is 1.67. The maximum absolute atomic E-state index is 9.32. The van der Waals surface area contributed by atoms with E-state index in [1.165, 1.54) is 0 Å². The number of aryl methyl sites for hydroxylation is 2. The summed E-state index contributed by atoms with van der Waals surface area (Å²) in [5, 5.41) is 9.32. The third kappa shape index (κ3) is 1.99. The fraction of sp³-hybridized carbons (Fsp3) is 0.154. The summed E-state index contributed by atoms with van der Waals surface area (Å²) in [6.07, 6.45) is 3.67. The minimum absolute atomic E-state index is 0.303. The number of benzene rings is 1. The Morgan fingerprint density at radius 2 is 1.87 bits per heavy atom. The quantitative estimate of drug-likeness (QED) is 0.765. The predicted octanol–water partition coefficient (Wildman–Crippen LogP) is 3.07. The van der Waals surface area contributed by atoms with Crippen LogP contribution in [-0.4, -0.2) is 10.1 Å². The molecule has 1 N–H and O–H groups in total. The van der Waals surface area contributed by atoms with Gasteiger partial charge in [-0.05, 0) is 48.7 Å². The van der Waals surface area contributed by atoms with Gasteiger partial charge >= 0.3 is 0 Å². The second-order valence-corrected chi connectivity index (χ2v) is 3.75. The average molecular weight is 199 g/mol. The minimum Gasteiger partial charge on any atom is -0.508 e. The van der Waals surface area contributed by atoms with Crippen LogP contribution in [0.25, 0.3) is 11.1 Å². The zero-order valence-electron chi connectivity index (χ0n) is 8.86. The first kappa shape index (κ1) is 9.71. The molecule has 0 aliphatic rings.